The topological polar surface area (TPSA) is 55.1 Å². The lowest BCUT2D eigenvalue weighted by Gasteiger charge is -2.24. The van der Waals surface area contributed by atoms with E-state index in [0.29, 0.717) is 11.4 Å². The van der Waals surface area contributed by atoms with Crippen LogP contribution in [0, 0.1) is 5.92 Å². The highest BCUT2D eigenvalue weighted by atomic mass is 32.1. The Hall–Kier alpha value is -1.42. The van der Waals surface area contributed by atoms with E-state index in [1.54, 1.807) is 0 Å². The van der Waals surface area contributed by atoms with Gasteiger partial charge in [-0.2, -0.15) is 0 Å². The molecule has 1 aromatic rings. The summed E-state index contributed by atoms with van der Waals surface area (Å²) in [5, 5.41) is 3.02. The summed E-state index contributed by atoms with van der Waals surface area (Å²) in [5.41, 5.74) is 7.32. The number of fused-ring (bicyclic) bond motifs is 1. The predicted octanol–water partition coefficient (Wildman–Crippen LogP) is 1.08. The van der Waals surface area contributed by atoms with Crippen LogP contribution in [0.4, 0.5) is 5.69 Å². The number of thiocarbonyl (C=S) groups is 1. The minimum absolute atomic E-state index is 0.361. The summed E-state index contributed by atoms with van der Waals surface area (Å²) in [7, 11) is 0. The zero-order valence-electron chi connectivity index (χ0n) is 7.49. The zero-order chi connectivity index (χ0) is 10.1. The van der Waals surface area contributed by atoms with Crippen molar-refractivity contribution in [1.82, 2.24) is 0 Å². The van der Waals surface area contributed by atoms with E-state index in [1.807, 2.05) is 24.3 Å². The molecule has 0 spiro atoms. The molecule has 0 aromatic heterocycles. The third-order valence-corrected chi connectivity index (χ3v) is 2.75. The molecule has 3 nitrogen and oxygen atoms in total. The standard InChI is InChI=1S/C10H10N2OS/c11-9(13)7-5-6-3-1-2-4-8(6)12-10(7)14/h1-4,7H,5H2,(H2,11,13)(H,12,14). The van der Waals surface area contributed by atoms with Gasteiger partial charge in [-0.25, -0.2) is 0 Å². The zero-order valence-corrected chi connectivity index (χ0v) is 8.30. The predicted molar refractivity (Wildman–Crippen MR) is 59.1 cm³/mol. The summed E-state index contributed by atoms with van der Waals surface area (Å²) in [6, 6.07) is 7.78. The molecule has 3 N–H and O–H groups in total. The van der Waals surface area contributed by atoms with Crippen molar-refractivity contribution in [2.75, 3.05) is 5.32 Å². The number of rotatable bonds is 1. The minimum Gasteiger partial charge on any atom is -0.369 e. The first-order valence-electron chi connectivity index (χ1n) is 4.36. The van der Waals surface area contributed by atoms with Crippen molar-refractivity contribution in [1.29, 1.82) is 0 Å². The third kappa shape index (κ3) is 1.48. The fourth-order valence-electron chi connectivity index (χ4n) is 1.58. The van der Waals surface area contributed by atoms with E-state index in [-0.39, 0.29) is 11.8 Å². The molecule has 14 heavy (non-hydrogen) atoms. The largest absolute Gasteiger partial charge is 0.369 e. The SMILES string of the molecule is NC(=O)C1Cc2ccccc2NC1=S. The fraction of sp³-hybridized carbons (Fsp3) is 0.200. The molecule has 2 rings (SSSR count). The van der Waals surface area contributed by atoms with Crippen LogP contribution in [0.1, 0.15) is 5.56 Å². The molecule has 1 unspecified atom stereocenters. The van der Waals surface area contributed by atoms with Crippen LogP contribution in [-0.4, -0.2) is 10.9 Å². The second-order valence-corrected chi connectivity index (χ2v) is 3.75. The molecule has 1 aromatic carbocycles. The average molecular weight is 206 g/mol. The lowest BCUT2D eigenvalue weighted by atomic mass is 9.93. The number of nitrogens with one attached hydrogen (secondary N) is 1. The van der Waals surface area contributed by atoms with Gasteiger partial charge in [0.15, 0.2) is 0 Å². The van der Waals surface area contributed by atoms with Crippen molar-refractivity contribution in [2.45, 2.75) is 6.42 Å². The van der Waals surface area contributed by atoms with Crippen molar-refractivity contribution >= 4 is 28.8 Å². The van der Waals surface area contributed by atoms with Gasteiger partial charge in [0, 0.05) is 5.69 Å². The average Bonchev–Trinajstić information content (AvgIpc) is 2.16. The smallest absolute Gasteiger partial charge is 0.227 e. The molecule has 1 atom stereocenters. The molecule has 72 valence electrons. The highest BCUT2D eigenvalue weighted by Crippen LogP contribution is 2.25. The molecule has 1 heterocycles. The second-order valence-electron chi connectivity index (χ2n) is 3.31. The van der Waals surface area contributed by atoms with E-state index in [2.05, 4.69) is 5.32 Å². The molecule has 0 saturated carbocycles. The number of anilines is 1. The molecule has 0 fully saturated rings. The summed E-state index contributed by atoms with van der Waals surface area (Å²) < 4.78 is 0. The highest BCUT2D eigenvalue weighted by Gasteiger charge is 2.26. The molecule has 1 aliphatic rings. The Morgan fingerprint density at radius 1 is 1.50 bits per heavy atom. The molecule has 0 radical (unpaired) electrons. The molecule has 0 aliphatic carbocycles. The number of hydrogen-bond donors (Lipinski definition) is 2. The first-order valence-corrected chi connectivity index (χ1v) is 4.77. The van der Waals surface area contributed by atoms with Crippen LogP contribution in [0.5, 0.6) is 0 Å². The summed E-state index contributed by atoms with van der Waals surface area (Å²) in [6.07, 6.45) is 0.608. The van der Waals surface area contributed by atoms with Gasteiger partial charge in [0.1, 0.15) is 0 Å². The Morgan fingerprint density at radius 3 is 2.93 bits per heavy atom. The van der Waals surface area contributed by atoms with E-state index >= 15 is 0 Å². The lowest BCUT2D eigenvalue weighted by molar-refractivity contribution is -0.119. The van der Waals surface area contributed by atoms with Crippen LogP contribution < -0.4 is 11.1 Å². The number of nitrogens with two attached hydrogens (primary N) is 1. The van der Waals surface area contributed by atoms with Crippen molar-refractivity contribution in [2.24, 2.45) is 11.7 Å². The number of hydrogen-bond acceptors (Lipinski definition) is 2. The third-order valence-electron chi connectivity index (χ3n) is 2.36. The van der Waals surface area contributed by atoms with E-state index in [4.69, 9.17) is 18.0 Å². The van der Waals surface area contributed by atoms with Crippen LogP contribution in [0.3, 0.4) is 0 Å². The first kappa shape index (κ1) is 9.15. The summed E-state index contributed by atoms with van der Waals surface area (Å²) in [5.74, 6) is -0.725. The molecule has 0 bridgehead atoms. The maximum absolute atomic E-state index is 11.1. The van der Waals surface area contributed by atoms with Gasteiger partial charge in [-0.1, -0.05) is 30.4 Å². The van der Waals surface area contributed by atoms with Crippen LogP contribution in [0.15, 0.2) is 24.3 Å². The van der Waals surface area contributed by atoms with Gasteiger partial charge in [0.05, 0.1) is 10.9 Å². The minimum atomic E-state index is -0.364. The lowest BCUT2D eigenvalue weighted by Crippen LogP contribution is -2.37. The van der Waals surface area contributed by atoms with Gasteiger partial charge in [-0.05, 0) is 18.1 Å². The van der Waals surface area contributed by atoms with Crippen LogP contribution in [0.25, 0.3) is 0 Å². The Bertz CT molecular complexity index is 403. The Morgan fingerprint density at radius 2 is 2.21 bits per heavy atom. The second kappa shape index (κ2) is 3.38. The number of para-hydroxylation sites is 1. The van der Waals surface area contributed by atoms with Crippen LogP contribution in [-0.2, 0) is 11.2 Å². The Labute approximate surface area is 87.3 Å². The summed E-state index contributed by atoms with van der Waals surface area (Å²) in [4.78, 5) is 11.6. The summed E-state index contributed by atoms with van der Waals surface area (Å²) >= 11 is 5.07. The van der Waals surface area contributed by atoms with Crippen molar-refractivity contribution in [3.63, 3.8) is 0 Å². The molecule has 1 amide bonds. The van der Waals surface area contributed by atoms with Crippen molar-refractivity contribution < 1.29 is 4.79 Å². The van der Waals surface area contributed by atoms with Gasteiger partial charge in [-0.3, -0.25) is 4.79 Å². The maximum atomic E-state index is 11.1. The molecule has 0 saturated heterocycles. The van der Waals surface area contributed by atoms with E-state index in [0.717, 1.165) is 11.3 Å². The molecular formula is C10H10N2OS. The van der Waals surface area contributed by atoms with Gasteiger partial charge in [-0.15, -0.1) is 0 Å². The number of primary amides is 1. The quantitative estimate of drug-likeness (QED) is 0.676. The van der Waals surface area contributed by atoms with Gasteiger partial charge < -0.3 is 11.1 Å². The van der Waals surface area contributed by atoms with E-state index in [9.17, 15) is 4.79 Å². The normalized spacial score (nSPS) is 19.7. The summed E-state index contributed by atoms with van der Waals surface area (Å²) in [6.45, 7) is 0. The molecule has 4 heteroatoms. The highest BCUT2D eigenvalue weighted by molar-refractivity contribution is 7.80. The van der Waals surface area contributed by atoms with Gasteiger partial charge >= 0.3 is 0 Å². The first-order chi connectivity index (χ1) is 6.68. The molecule has 1 aliphatic heterocycles. The van der Waals surface area contributed by atoms with Gasteiger partial charge in [0.2, 0.25) is 5.91 Å². The Balaban J connectivity index is 2.36. The number of amides is 1. The Kier molecular flexibility index (Phi) is 2.21. The van der Waals surface area contributed by atoms with E-state index in [1.165, 1.54) is 0 Å². The fourth-order valence-corrected chi connectivity index (χ4v) is 1.89. The van der Waals surface area contributed by atoms with E-state index < -0.39 is 0 Å². The van der Waals surface area contributed by atoms with Crippen LogP contribution >= 0.6 is 12.2 Å². The number of carbonyl (C=O) groups excluding carboxylic acids is 1. The van der Waals surface area contributed by atoms with Crippen molar-refractivity contribution in [3.05, 3.63) is 29.8 Å². The number of carbonyl (C=O) groups is 1. The number of benzene rings is 1. The maximum Gasteiger partial charge on any atom is 0.227 e. The van der Waals surface area contributed by atoms with Crippen LogP contribution in [0.2, 0.25) is 0 Å². The van der Waals surface area contributed by atoms with Gasteiger partial charge in [0.25, 0.3) is 0 Å². The molecular weight excluding hydrogens is 196 g/mol. The monoisotopic (exact) mass is 206 g/mol. The van der Waals surface area contributed by atoms with Crippen molar-refractivity contribution in [3.8, 4) is 0 Å².